The Morgan fingerprint density at radius 3 is 1.23 bits per heavy atom. The molecule has 0 saturated heterocycles. The van der Waals surface area contributed by atoms with Crippen molar-refractivity contribution in [3.8, 4) is 0 Å². The molecule has 0 aliphatic heterocycles. The van der Waals surface area contributed by atoms with Crippen molar-refractivity contribution >= 4 is 52.9 Å². The molecule has 3 N–H and O–H groups in total. The van der Waals surface area contributed by atoms with Gasteiger partial charge in [-0.3, -0.25) is 0 Å². The molecular formula is C38H34O4P2. The lowest BCUT2D eigenvalue weighted by Crippen LogP contribution is -2.25. The SMILES string of the molecule is Cc1ccc(P(c2ccccc2)c2ccccc2)cc1.O.O=C(O)c1ccc(P(=O)(c2ccccc2)c2ccccc2)cc1. The van der Waals surface area contributed by atoms with E-state index in [1.54, 1.807) is 12.1 Å². The van der Waals surface area contributed by atoms with Crippen LogP contribution in [0.25, 0.3) is 0 Å². The second kappa shape index (κ2) is 15.2. The number of hydrogen-bond acceptors (Lipinski definition) is 2. The minimum absolute atomic E-state index is 0. The Balaban J connectivity index is 0.000000198. The van der Waals surface area contributed by atoms with Crippen LogP contribution < -0.4 is 31.8 Å². The fourth-order valence-corrected chi connectivity index (χ4v) is 9.76. The van der Waals surface area contributed by atoms with E-state index in [1.807, 2.05) is 60.7 Å². The van der Waals surface area contributed by atoms with E-state index >= 15 is 0 Å². The van der Waals surface area contributed by atoms with Crippen LogP contribution in [0.1, 0.15) is 15.9 Å². The molecule has 0 bridgehead atoms. The van der Waals surface area contributed by atoms with Gasteiger partial charge in [0.25, 0.3) is 0 Å². The van der Waals surface area contributed by atoms with E-state index in [9.17, 15) is 9.36 Å². The van der Waals surface area contributed by atoms with Gasteiger partial charge in [0, 0.05) is 15.9 Å². The van der Waals surface area contributed by atoms with Crippen LogP contribution in [0.2, 0.25) is 0 Å². The summed E-state index contributed by atoms with van der Waals surface area (Å²) in [6, 6.07) is 55.4. The molecule has 0 spiro atoms. The standard InChI is InChI=1S/C19H15O3P.C19H17P.H2O/c20-19(21)15-11-13-18(14-12-15)23(22,16-7-3-1-4-8-16)17-9-5-2-6-10-17;1-16-12-14-19(15-13-16)20(17-8-4-2-5-9-17)18-10-6-3-7-11-18;/h1-14H,(H,20,21);2-15H,1H3;1H2. The van der Waals surface area contributed by atoms with Crippen LogP contribution in [-0.4, -0.2) is 16.6 Å². The summed E-state index contributed by atoms with van der Waals surface area (Å²) in [7, 11) is -3.48. The van der Waals surface area contributed by atoms with Crippen molar-refractivity contribution in [2.75, 3.05) is 0 Å². The zero-order chi connectivity index (χ0) is 30.1. The van der Waals surface area contributed by atoms with Crippen molar-refractivity contribution < 1.29 is 19.9 Å². The minimum atomic E-state index is -3.02. The van der Waals surface area contributed by atoms with E-state index in [4.69, 9.17) is 5.11 Å². The maximum absolute atomic E-state index is 14.0. The highest BCUT2D eigenvalue weighted by Crippen LogP contribution is 2.42. The molecule has 0 atom stereocenters. The molecule has 220 valence electrons. The molecule has 0 heterocycles. The number of carboxylic acids is 1. The van der Waals surface area contributed by atoms with E-state index in [2.05, 4.69) is 91.9 Å². The third-order valence-electron chi connectivity index (χ3n) is 7.04. The van der Waals surface area contributed by atoms with Crippen LogP contribution in [0, 0.1) is 6.92 Å². The van der Waals surface area contributed by atoms with E-state index in [0.717, 1.165) is 10.6 Å². The molecule has 0 unspecified atom stereocenters. The monoisotopic (exact) mass is 616 g/mol. The van der Waals surface area contributed by atoms with Crippen LogP contribution in [0.4, 0.5) is 0 Å². The van der Waals surface area contributed by atoms with Gasteiger partial charge in [0.2, 0.25) is 0 Å². The minimum Gasteiger partial charge on any atom is -0.478 e. The zero-order valence-corrected chi connectivity index (χ0v) is 26.1. The Morgan fingerprint density at radius 2 is 0.841 bits per heavy atom. The van der Waals surface area contributed by atoms with Gasteiger partial charge in [-0.15, -0.1) is 0 Å². The molecule has 0 aromatic heterocycles. The Hall–Kier alpha value is -4.59. The first-order valence-corrected chi connectivity index (χ1v) is 17.0. The number of hydrogen-bond donors (Lipinski definition) is 1. The maximum Gasteiger partial charge on any atom is 0.335 e. The topological polar surface area (TPSA) is 85.9 Å². The summed E-state index contributed by atoms with van der Waals surface area (Å²) in [5.41, 5.74) is 1.49. The van der Waals surface area contributed by atoms with Gasteiger partial charge in [0.1, 0.15) is 0 Å². The molecule has 44 heavy (non-hydrogen) atoms. The average Bonchev–Trinajstić information content (AvgIpc) is 3.07. The first-order valence-electron chi connectivity index (χ1n) is 14.0. The molecule has 0 saturated carbocycles. The maximum atomic E-state index is 14.0. The average molecular weight is 617 g/mol. The molecule has 4 nitrogen and oxygen atoms in total. The van der Waals surface area contributed by atoms with Gasteiger partial charge in [0.15, 0.2) is 7.14 Å². The first-order chi connectivity index (χ1) is 21.0. The number of carbonyl (C=O) groups is 1. The predicted molar refractivity (Wildman–Crippen MR) is 186 cm³/mol. The van der Waals surface area contributed by atoms with Gasteiger partial charge in [0.05, 0.1) is 5.56 Å². The van der Waals surface area contributed by atoms with Gasteiger partial charge >= 0.3 is 5.97 Å². The number of benzene rings is 6. The fraction of sp³-hybridized carbons (Fsp3) is 0.0263. The lowest BCUT2D eigenvalue weighted by Gasteiger charge is -2.20. The summed E-state index contributed by atoms with van der Waals surface area (Å²) in [4.78, 5) is 11.0. The van der Waals surface area contributed by atoms with Crippen molar-refractivity contribution in [1.82, 2.24) is 0 Å². The first kappa shape index (κ1) is 32.3. The Labute approximate surface area is 260 Å². The van der Waals surface area contributed by atoms with Gasteiger partial charge in [-0.25, -0.2) is 4.79 Å². The molecule has 0 amide bonds. The zero-order valence-electron chi connectivity index (χ0n) is 24.3. The number of rotatable bonds is 7. The van der Waals surface area contributed by atoms with Crippen molar-refractivity contribution in [3.05, 3.63) is 181 Å². The van der Waals surface area contributed by atoms with Crippen molar-refractivity contribution in [3.63, 3.8) is 0 Å². The highest BCUT2D eigenvalue weighted by Gasteiger charge is 2.29. The third-order valence-corrected chi connectivity index (χ3v) is 12.6. The lowest BCUT2D eigenvalue weighted by molar-refractivity contribution is 0.0697. The molecule has 6 aromatic rings. The van der Waals surface area contributed by atoms with E-state index in [-0.39, 0.29) is 11.0 Å². The highest BCUT2D eigenvalue weighted by atomic mass is 31.2. The summed E-state index contributed by atoms with van der Waals surface area (Å²) in [6.07, 6.45) is 0. The summed E-state index contributed by atoms with van der Waals surface area (Å²) >= 11 is 0. The molecule has 6 aromatic carbocycles. The van der Waals surface area contributed by atoms with Gasteiger partial charge in [-0.2, -0.15) is 0 Å². The summed E-state index contributed by atoms with van der Waals surface area (Å²) < 4.78 is 14.0. The predicted octanol–water partition coefficient (Wildman–Crippen LogP) is 5.95. The van der Waals surface area contributed by atoms with E-state index in [0.29, 0.717) is 5.30 Å². The summed E-state index contributed by atoms with van der Waals surface area (Å²) in [5, 5.41) is 15.3. The molecule has 0 fully saturated rings. The van der Waals surface area contributed by atoms with Gasteiger partial charge in [-0.05, 0) is 42.9 Å². The van der Waals surface area contributed by atoms with Crippen LogP contribution in [0.15, 0.2) is 170 Å². The van der Waals surface area contributed by atoms with Crippen LogP contribution in [0.5, 0.6) is 0 Å². The Morgan fingerprint density at radius 1 is 0.500 bits per heavy atom. The Kier molecular flexibility index (Phi) is 11.2. The highest BCUT2D eigenvalue weighted by molar-refractivity contribution is 7.85. The molecule has 6 heteroatoms. The molecular weight excluding hydrogens is 582 g/mol. The van der Waals surface area contributed by atoms with Crippen molar-refractivity contribution in [2.24, 2.45) is 0 Å². The van der Waals surface area contributed by atoms with Crippen LogP contribution in [-0.2, 0) is 4.57 Å². The smallest absolute Gasteiger partial charge is 0.335 e. The van der Waals surface area contributed by atoms with Gasteiger partial charge in [-0.1, -0.05) is 163 Å². The van der Waals surface area contributed by atoms with Gasteiger partial charge < -0.3 is 15.1 Å². The van der Waals surface area contributed by atoms with Crippen LogP contribution in [0.3, 0.4) is 0 Å². The van der Waals surface area contributed by atoms with E-state index in [1.165, 1.54) is 33.6 Å². The van der Waals surface area contributed by atoms with E-state index < -0.39 is 21.0 Å². The third kappa shape index (κ3) is 7.48. The molecule has 0 aliphatic carbocycles. The number of aryl methyl sites for hydroxylation is 1. The Bertz CT molecular complexity index is 1710. The number of carboxylic acid groups (broad SMARTS) is 1. The van der Waals surface area contributed by atoms with Crippen molar-refractivity contribution in [2.45, 2.75) is 6.92 Å². The normalized spacial score (nSPS) is 10.7. The molecule has 0 radical (unpaired) electrons. The second-order valence-electron chi connectivity index (χ2n) is 9.97. The fourth-order valence-electron chi connectivity index (χ4n) is 4.83. The van der Waals surface area contributed by atoms with Crippen LogP contribution >= 0.6 is 15.1 Å². The molecule has 0 aliphatic rings. The lowest BCUT2D eigenvalue weighted by atomic mass is 10.2. The second-order valence-corrected chi connectivity index (χ2v) is 15.0. The molecule has 6 rings (SSSR count). The summed E-state index contributed by atoms with van der Waals surface area (Å²) in [5.74, 6) is -0.995. The number of aromatic carboxylic acids is 1. The summed E-state index contributed by atoms with van der Waals surface area (Å²) in [6.45, 7) is 2.14. The quantitative estimate of drug-likeness (QED) is 0.225. The van der Waals surface area contributed by atoms with Crippen molar-refractivity contribution in [1.29, 1.82) is 0 Å². The largest absolute Gasteiger partial charge is 0.478 e.